The van der Waals surface area contributed by atoms with E-state index in [9.17, 15) is 0 Å². The molecule has 1 rings (SSSR count). The Morgan fingerprint density at radius 1 is 1.47 bits per heavy atom. The van der Waals surface area contributed by atoms with Crippen LogP contribution in [0.3, 0.4) is 0 Å². The van der Waals surface area contributed by atoms with Crippen molar-refractivity contribution in [3.05, 3.63) is 11.6 Å². The monoisotopic (exact) mass is 246 g/mol. The first-order valence-corrected chi connectivity index (χ1v) is 6.29. The molecule has 0 radical (unpaired) electrons. The van der Waals surface area contributed by atoms with Crippen molar-refractivity contribution in [3.8, 4) is 0 Å². The first-order valence-electron chi connectivity index (χ1n) is 6.29. The molecule has 1 saturated heterocycles. The van der Waals surface area contributed by atoms with Gasteiger partial charge in [0.25, 0.3) is 0 Å². The Morgan fingerprint density at radius 2 is 2.12 bits per heavy atom. The Labute approximate surface area is 104 Å². The second-order valence-electron chi connectivity index (χ2n) is 4.11. The van der Waals surface area contributed by atoms with Gasteiger partial charge in [-0.05, 0) is 32.3 Å². The van der Waals surface area contributed by atoms with Crippen molar-refractivity contribution in [3.63, 3.8) is 0 Å². The summed E-state index contributed by atoms with van der Waals surface area (Å²) in [6, 6.07) is 0. The molecule has 102 valence electrons. The summed E-state index contributed by atoms with van der Waals surface area (Å²) < 4.78 is 4.86. The molecule has 1 fully saturated rings. The van der Waals surface area contributed by atoms with Crippen LogP contribution in [-0.4, -0.2) is 37.1 Å². The highest BCUT2D eigenvalue weighted by molar-refractivity contribution is 4.94. The van der Waals surface area contributed by atoms with E-state index in [4.69, 9.17) is 19.6 Å². The van der Waals surface area contributed by atoms with Crippen molar-refractivity contribution in [2.75, 3.05) is 19.8 Å². The van der Waals surface area contributed by atoms with E-state index in [2.05, 4.69) is 6.92 Å². The first-order chi connectivity index (χ1) is 8.13. The molecule has 0 bridgehead atoms. The van der Waals surface area contributed by atoms with Crippen LogP contribution in [0.1, 0.15) is 40.5 Å². The highest BCUT2D eigenvalue weighted by Crippen LogP contribution is 2.10. The standard InChI is InChI=1S/C9H18O3.C4H8O/c1-4-8(3)6-11-12-7-9(10)5-2;1-2-4-3-5-4/h4,9-10H,5-7H2,1-3H3;4H,2-3H2,1H3/b8-4+;. The molecule has 2 atom stereocenters. The fraction of sp³-hybridized carbons (Fsp3) is 0.846. The average molecular weight is 246 g/mol. The molecule has 1 N–H and O–H groups in total. The lowest BCUT2D eigenvalue weighted by Crippen LogP contribution is -2.14. The van der Waals surface area contributed by atoms with Gasteiger partial charge in [-0.15, -0.1) is 0 Å². The van der Waals surface area contributed by atoms with Gasteiger partial charge in [0.15, 0.2) is 0 Å². The molecule has 1 aliphatic rings. The van der Waals surface area contributed by atoms with Crippen molar-refractivity contribution < 1.29 is 19.6 Å². The molecule has 0 aromatic heterocycles. The quantitative estimate of drug-likeness (QED) is 0.246. The predicted octanol–water partition coefficient (Wildman–Crippen LogP) is 2.47. The van der Waals surface area contributed by atoms with Crippen LogP contribution in [0, 0.1) is 0 Å². The van der Waals surface area contributed by atoms with Crippen molar-refractivity contribution in [1.82, 2.24) is 0 Å². The zero-order valence-electron chi connectivity index (χ0n) is 11.4. The highest BCUT2D eigenvalue weighted by atomic mass is 17.2. The van der Waals surface area contributed by atoms with Gasteiger partial charge in [0.1, 0.15) is 13.2 Å². The van der Waals surface area contributed by atoms with E-state index >= 15 is 0 Å². The van der Waals surface area contributed by atoms with Crippen LogP contribution < -0.4 is 0 Å². The normalized spacial score (nSPS) is 20.5. The van der Waals surface area contributed by atoms with Crippen molar-refractivity contribution in [1.29, 1.82) is 0 Å². The molecule has 4 heteroatoms. The molecule has 0 amide bonds. The molecule has 1 heterocycles. The summed E-state index contributed by atoms with van der Waals surface area (Å²) in [7, 11) is 0. The molecule has 0 saturated carbocycles. The van der Waals surface area contributed by atoms with E-state index in [1.54, 1.807) is 0 Å². The zero-order chi connectivity index (χ0) is 13.1. The number of hydrogen-bond acceptors (Lipinski definition) is 4. The van der Waals surface area contributed by atoms with Crippen molar-refractivity contribution in [2.45, 2.75) is 52.7 Å². The predicted molar refractivity (Wildman–Crippen MR) is 67.7 cm³/mol. The third-order valence-electron chi connectivity index (χ3n) is 2.45. The molecule has 2 unspecified atom stereocenters. The van der Waals surface area contributed by atoms with Gasteiger partial charge in [-0.3, -0.25) is 0 Å². The number of allylic oxidation sites excluding steroid dienone is 1. The van der Waals surface area contributed by atoms with Crippen LogP contribution >= 0.6 is 0 Å². The number of epoxide rings is 1. The summed E-state index contributed by atoms with van der Waals surface area (Å²) in [4.78, 5) is 9.60. The SMILES string of the molecule is C/C=C(\C)COOCC(O)CC.CCC1CO1. The topological polar surface area (TPSA) is 51.2 Å². The second-order valence-corrected chi connectivity index (χ2v) is 4.11. The minimum Gasteiger partial charge on any atom is -0.391 e. The lowest BCUT2D eigenvalue weighted by atomic mass is 10.3. The summed E-state index contributed by atoms with van der Waals surface area (Å²) in [6.07, 6.45) is 4.05. The number of aliphatic hydroxyl groups excluding tert-OH is 1. The smallest absolute Gasteiger partial charge is 0.108 e. The van der Waals surface area contributed by atoms with Crippen LogP contribution in [-0.2, 0) is 14.5 Å². The van der Waals surface area contributed by atoms with Gasteiger partial charge in [0, 0.05) is 0 Å². The Bertz CT molecular complexity index is 200. The first kappa shape index (κ1) is 16.6. The van der Waals surface area contributed by atoms with Crippen LogP contribution in [0.15, 0.2) is 11.6 Å². The molecule has 4 nitrogen and oxygen atoms in total. The molecular weight excluding hydrogens is 220 g/mol. The molecular formula is C13H26O4. The van der Waals surface area contributed by atoms with Crippen molar-refractivity contribution in [2.24, 2.45) is 0 Å². The minimum absolute atomic E-state index is 0.244. The van der Waals surface area contributed by atoms with Gasteiger partial charge in [-0.1, -0.05) is 19.9 Å². The van der Waals surface area contributed by atoms with E-state index in [-0.39, 0.29) is 6.61 Å². The molecule has 0 aromatic rings. The van der Waals surface area contributed by atoms with E-state index in [1.165, 1.54) is 6.42 Å². The van der Waals surface area contributed by atoms with E-state index in [1.807, 2.05) is 26.8 Å². The van der Waals surface area contributed by atoms with Gasteiger partial charge >= 0.3 is 0 Å². The zero-order valence-corrected chi connectivity index (χ0v) is 11.4. The van der Waals surface area contributed by atoms with Crippen LogP contribution in [0.2, 0.25) is 0 Å². The Balaban J connectivity index is 0.000000419. The summed E-state index contributed by atoms with van der Waals surface area (Å²) in [6.45, 7) is 9.65. The maximum atomic E-state index is 9.06. The van der Waals surface area contributed by atoms with Gasteiger partial charge < -0.3 is 9.84 Å². The third kappa shape index (κ3) is 11.8. The maximum absolute atomic E-state index is 9.06. The van der Waals surface area contributed by atoms with E-state index in [0.717, 1.165) is 12.2 Å². The molecule has 0 aliphatic carbocycles. The van der Waals surface area contributed by atoms with E-state index in [0.29, 0.717) is 19.1 Å². The molecule has 1 aliphatic heterocycles. The fourth-order valence-electron chi connectivity index (χ4n) is 0.766. The van der Waals surface area contributed by atoms with Crippen LogP contribution in [0.5, 0.6) is 0 Å². The molecule has 0 spiro atoms. The number of ether oxygens (including phenoxy) is 1. The Morgan fingerprint density at radius 3 is 2.47 bits per heavy atom. The lowest BCUT2D eigenvalue weighted by Gasteiger charge is -2.07. The fourth-order valence-corrected chi connectivity index (χ4v) is 0.766. The summed E-state index contributed by atoms with van der Waals surface area (Å²) in [5, 5.41) is 9.06. The van der Waals surface area contributed by atoms with Crippen molar-refractivity contribution >= 4 is 0 Å². The van der Waals surface area contributed by atoms with Gasteiger partial charge in [0.2, 0.25) is 0 Å². The largest absolute Gasteiger partial charge is 0.391 e. The van der Waals surface area contributed by atoms with Gasteiger partial charge in [0.05, 0.1) is 18.8 Å². The van der Waals surface area contributed by atoms with Crippen LogP contribution in [0.25, 0.3) is 0 Å². The number of hydrogen-bond donors (Lipinski definition) is 1. The minimum atomic E-state index is -0.420. The highest BCUT2D eigenvalue weighted by Gasteiger charge is 2.18. The molecule has 0 aromatic carbocycles. The lowest BCUT2D eigenvalue weighted by molar-refractivity contribution is -0.298. The second kappa shape index (κ2) is 10.7. The molecule has 17 heavy (non-hydrogen) atoms. The number of rotatable bonds is 7. The van der Waals surface area contributed by atoms with Gasteiger partial charge in [-0.2, -0.15) is 0 Å². The average Bonchev–Trinajstić information content (AvgIpc) is 3.18. The van der Waals surface area contributed by atoms with E-state index < -0.39 is 6.10 Å². The number of aliphatic hydroxyl groups is 1. The Hall–Kier alpha value is -0.420. The summed E-state index contributed by atoms with van der Waals surface area (Å²) in [5.41, 5.74) is 1.11. The Kier molecular flexibility index (Phi) is 10.5. The van der Waals surface area contributed by atoms with Crippen LogP contribution in [0.4, 0.5) is 0 Å². The third-order valence-corrected chi connectivity index (χ3v) is 2.45. The summed E-state index contributed by atoms with van der Waals surface area (Å²) in [5.74, 6) is 0. The summed E-state index contributed by atoms with van der Waals surface area (Å²) >= 11 is 0. The maximum Gasteiger partial charge on any atom is 0.108 e. The van der Waals surface area contributed by atoms with Gasteiger partial charge in [-0.25, -0.2) is 9.78 Å².